The molecular weight excluding hydrogens is 294 g/mol. The number of ether oxygens (including phenoxy) is 1. The van der Waals surface area contributed by atoms with Crippen LogP contribution >= 0.6 is 0 Å². The molecule has 2 heterocycles. The lowest BCUT2D eigenvalue weighted by molar-refractivity contribution is 0.0240. The Balaban J connectivity index is 1.95. The fraction of sp³-hybridized carbons (Fsp3) is 0.647. The van der Waals surface area contributed by atoms with Crippen LogP contribution < -0.4 is 4.90 Å². The Bertz CT molecular complexity index is 547. The van der Waals surface area contributed by atoms with Crippen molar-refractivity contribution in [3.8, 4) is 0 Å². The van der Waals surface area contributed by atoms with Crippen molar-refractivity contribution in [2.75, 3.05) is 37.7 Å². The number of pyridine rings is 1. The van der Waals surface area contributed by atoms with Crippen molar-refractivity contribution in [1.29, 1.82) is 0 Å². The van der Waals surface area contributed by atoms with Crippen LogP contribution in [-0.4, -0.2) is 59.5 Å². The molecule has 1 amide bonds. The molecule has 1 aromatic rings. The fourth-order valence-corrected chi connectivity index (χ4v) is 2.65. The van der Waals surface area contributed by atoms with Gasteiger partial charge in [-0.1, -0.05) is 6.07 Å². The van der Waals surface area contributed by atoms with Crippen molar-refractivity contribution in [1.82, 2.24) is 9.88 Å². The molecule has 0 saturated carbocycles. The maximum atomic E-state index is 12.1. The van der Waals surface area contributed by atoms with Gasteiger partial charge in [-0.2, -0.15) is 0 Å². The highest BCUT2D eigenvalue weighted by atomic mass is 16.6. The van der Waals surface area contributed by atoms with Gasteiger partial charge in [0.15, 0.2) is 0 Å². The molecule has 2 rings (SSSR count). The van der Waals surface area contributed by atoms with Gasteiger partial charge in [0.05, 0.1) is 0 Å². The van der Waals surface area contributed by atoms with Crippen LogP contribution in [0.1, 0.15) is 31.9 Å². The largest absolute Gasteiger partial charge is 0.444 e. The lowest BCUT2D eigenvalue weighted by Gasteiger charge is -2.36. The van der Waals surface area contributed by atoms with Crippen LogP contribution in [-0.2, 0) is 11.2 Å². The van der Waals surface area contributed by atoms with Crippen LogP contribution in [0.25, 0.3) is 0 Å². The molecule has 1 saturated heterocycles. The molecule has 0 atom stereocenters. The molecule has 0 aromatic carbocycles. The van der Waals surface area contributed by atoms with Gasteiger partial charge in [-0.25, -0.2) is 9.78 Å². The van der Waals surface area contributed by atoms with Crippen LogP contribution in [0, 0.1) is 6.92 Å². The Labute approximate surface area is 138 Å². The SMILES string of the molecule is Cc1cc(CCO)cnc1N1CCN(C(=O)OC(C)(C)C)CC1. The minimum Gasteiger partial charge on any atom is -0.444 e. The van der Waals surface area contributed by atoms with Gasteiger partial charge in [-0.15, -0.1) is 0 Å². The third-order valence-corrected chi connectivity index (χ3v) is 3.74. The van der Waals surface area contributed by atoms with Gasteiger partial charge < -0.3 is 19.6 Å². The van der Waals surface area contributed by atoms with Crippen molar-refractivity contribution in [3.05, 3.63) is 23.4 Å². The van der Waals surface area contributed by atoms with Crippen molar-refractivity contribution in [3.63, 3.8) is 0 Å². The van der Waals surface area contributed by atoms with Crippen LogP contribution in [0.3, 0.4) is 0 Å². The number of aliphatic hydroxyl groups excluding tert-OH is 1. The number of hydrogen-bond donors (Lipinski definition) is 1. The third kappa shape index (κ3) is 4.82. The first-order chi connectivity index (χ1) is 10.8. The molecule has 128 valence electrons. The van der Waals surface area contributed by atoms with E-state index < -0.39 is 5.60 Å². The van der Waals surface area contributed by atoms with E-state index in [1.165, 1.54) is 0 Å². The van der Waals surface area contributed by atoms with E-state index in [0.29, 0.717) is 19.5 Å². The molecule has 0 spiro atoms. The summed E-state index contributed by atoms with van der Waals surface area (Å²) in [5.41, 5.74) is 1.68. The Hall–Kier alpha value is -1.82. The number of carbonyl (C=O) groups is 1. The van der Waals surface area contributed by atoms with Crippen molar-refractivity contribution in [2.45, 2.75) is 39.7 Å². The van der Waals surface area contributed by atoms with Crippen LogP contribution in [0.4, 0.5) is 10.6 Å². The summed E-state index contributed by atoms with van der Waals surface area (Å²) >= 11 is 0. The highest BCUT2D eigenvalue weighted by Gasteiger charge is 2.26. The normalized spacial score (nSPS) is 15.7. The summed E-state index contributed by atoms with van der Waals surface area (Å²) in [5.74, 6) is 0.954. The summed E-state index contributed by atoms with van der Waals surface area (Å²) in [4.78, 5) is 20.6. The standard InChI is InChI=1S/C17H27N3O3/c1-13-11-14(5-10-21)12-18-15(13)19-6-8-20(9-7-19)16(22)23-17(2,3)4/h11-12,21H,5-10H2,1-4H3. The van der Waals surface area contributed by atoms with Crippen molar-refractivity contribution < 1.29 is 14.6 Å². The number of hydrogen-bond acceptors (Lipinski definition) is 5. The molecule has 6 nitrogen and oxygen atoms in total. The average molecular weight is 321 g/mol. The van der Waals surface area contributed by atoms with Gasteiger partial charge in [-0.05, 0) is 45.2 Å². The highest BCUT2D eigenvalue weighted by Crippen LogP contribution is 2.20. The highest BCUT2D eigenvalue weighted by molar-refractivity contribution is 5.68. The van der Waals surface area contributed by atoms with E-state index in [4.69, 9.17) is 9.84 Å². The van der Waals surface area contributed by atoms with Gasteiger partial charge >= 0.3 is 6.09 Å². The molecule has 6 heteroatoms. The van der Waals surface area contributed by atoms with Crippen molar-refractivity contribution >= 4 is 11.9 Å². The number of nitrogens with zero attached hydrogens (tertiary/aromatic N) is 3. The number of aliphatic hydroxyl groups is 1. The maximum absolute atomic E-state index is 12.1. The van der Waals surface area contributed by atoms with E-state index in [1.807, 2.05) is 33.9 Å². The third-order valence-electron chi connectivity index (χ3n) is 3.74. The number of aryl methyl sites for hydroxylation is 1. The Morgan fingerprint density at radius 2 is 1.96 bits per heavy atom. The summed E-state index contributed by atoms with van der Waals surface area (Å²) in [5, 5.41) is 9.00. The molecule has 0 aliphatic carbocycles. The van der Waals surface area contributed by atoms with E-state index in [9.17, 15) is 4.79 Å². The molecule has 1 aromatic heterocycles. The molecule has 0 unspecified atom stereocenters. The number of carbonyl (C=O) groups excluding carboxylic acids is 1. The van der Waals surface area contributed by atoms with Gasteiger partial charge in [0.1, 0.15) is 11.4 Å². The van der Waals surface area contributed by atoms with E-state index in [1.54, 1.807) is 4.90 Å². The molecule has 1 aliphatic heterocycles. The monoisotopic (exact) mass is 321 g/mol. The smallest absolute Gasteiger partial charge is 0.410 e. The van der Waals surface area contributed by atoms with E-state index in [2.05, 4.69) is 16.0 Å². The predicted molar refractivity (Wildman–Crippen MR) is 89.8 cm³/mol. The van der Waals surface area contributed by atoms with Gasteiger partial charge in [0.2, 0.25) is 0 Å². The number of piperazine rings is 1. The molecule has 0 bridgehead atoms. The number of aromatic nitrogens is 1. The number of anilines is 1. The Morgan fingerprint density at radius 3 is 2.48 bits per heavy atom. The number of amides is 1. The maximum Gasteiger partial charge on any atom is 0.410 e. The molecule has 1 N–H and O–H groups in total. The van der Waals surface area contributed by atoms with Crippen LogP contribution in [0.15, 0.2) is 12.3 Å². The van der Waals surface area contributed by atoms with E-state index in [-0.39, 0.29) is 12.7 Å². The number of rotatable bonds is 3. The van der Waals surface area contributed by atoms with Crippen molar-refractivity contribution in [2.24, 2.45) is 0 Å². The van der Waals surface area contributed by atoms with Crippen LogP contribution in [0.5, 0.6) is 0 Å². The summed E-state index contributed by atoms with van der Waals surface area (Å²) in [6.45, 7) is 10.5. The minimum absolute atomic E-state index is 0.134. The van der Waals surface area contributed by atoms with Gasteiger partial charge in [0, 0.05) is 39.0 Å². The zero-order valence-corrected chi connectivity index (χ0v) is 14.5. The van der Waals surface area contributed by atoms with Gasteiger partial charge in [0.25, 0.3) is 0 Å². The zero-order chi connectivity index (χ0) is 17.0. The van der Waals surface area contributed by atoms with Gasteiger partial charge in [-0.3, -0.25) is 0 Å². The van der Waals surface area contributed by atoms with E-state index in [0.717, 1.165) is 30.0 Å². The molecule has 23 heavy (non-hydrogen) atoms. The zero-order valence-electron chi connectivity index (χ0n) is 14.5. The fourth-order valence-electron chi connectivity index (χ4n) is 2.65. The second-order valence-electron chi connectivity index (χ2n) is 6.91. The second-order valence-corrected chi connectivity index (χ2v) is 6.91. The Morgan fingerprint density at radius 1 is 1.30 bits per heavy atom. The average Bonchev–Trinajstić information content (AvgIpc) is 2.46. The lowest BCUT2D eigenvalue weighted by Crippen LogP contribution is -2.50. The lowest BCUT2D eigenvalue weighted by atomic mass is 10.1. The molecule has 1 aliphatic rings. The molecule has 1 fully saturated rings. The Kier molecular flexibility index (Phi) is 5.46. The van der Waals surface area contributed by atoms with E-state index >= 15 is 0 Å². The first-order valence-electron chi connectivity index (χ1n) is 8.09. The topological polar surface area (TPSA) is 65.9 Å². The minimum atomic E-state index is -0.463. The summed E-state index contributed by atoms with van der Waals surface area (Å²) in [6.07, 6.45) is 2.19. The predicted octanol–water partition coefficient (Wildman–Crippen LogP) is 1.98. The molecular formula is C17H27N3O3. The summed E-state index contributed by atoms with van der Waals surface area (Å²) in [7, 11) is 0. The summed E-state index contributed by atoms with van der Waals surface area (Å²) < 4.78 is 5.41. The van der Waals surface area contributed by atoms with Crippen LogP contribution in [0.2, 0.25) is 0 Å². The molecule has 0 radical (unpaired) electrons. The second kappa shape index (κ2) is 7.17. The summed E-state index contributed by atoms with van der Waals surface area (Å²) in [6, 6.07) is 2.07. The quantitative estimate of drug-likeness (QED) is 0.922. The first kappa shape index (κ1) is 17.5. The first-order valence-corrected chi connectivity index (χ1v) is 8.09.